The summed E-state index contributed by atoms with van der Waals surface area (Å²) in [5.41, 5.74) is -3.13. The first-order chi connectivity index (χ1) is 17.8. The fourth-order valence-electron chi connectivity index (χ4n) is 4.22. The van der Waals surface area contributed by atoms with Gasteiger partial charge in [-0.1, -0.05) is 54.6 Å². The molecule has 0 fully saturated rings. The van der Waals surface area contributed by atoms with E-state index in [0.717, 1.165) is 24.3 Å². The molecule has 0 radical (unpaired) electrons. The summed E-state index contributed by atoms with van der Waals surface area (Å²) in [5, 5.41) is 6.85. The Bertz CT molecular complexity index is 1390. The molecule has 0 atom stereocenters. The largest absolute Gasteiger partial charge is 0.416 e. The number of aryl methyl sites for hydroxylation is 1. The third-order valence-corrected chi connectivity index (χ3v) is 7.39. The standard InChI is InChI=1S/C27H20F6IN3O/c1-37-23(34)22(16-35-37)24(38)36-25(15-17-7-3-2-4-8-17,18-9-5-11-20(13-18)26(28,29)30)19-10-6-12-21(14-19)27(31,32)33/h2-14,16H,15H2,1H3,(H,36,38). The van der Waals surface area contributed by atoms with Crippen molar-refractivity contribution >= 4 is 28.5 Å². The molecular formula is C27H20F6IN3O. The number of nitrogens with one attached hydrogen (secondary N) is 1. The van der Waals surface area contributed by atoms with E-state index in [9.17, 15) is 31.1 Å². The van der Waals surface area contributed by atoms with Crippen LogP contribution < -0.4 is 5.32 Å². The number of aromatic nitrogens is 2. The van der Waals surface area contributed by atoms with Gasteiger partial charge in [0.05, 0.1) is 28.4 Å². The first-order valence-electron chi connectivity index (χ1n) is 11.2. The van der Waals surface area contributed by atoms with Gasteiger partial charge in [0.25, 0.3) is 5.91 Å². The second-order valence-electron chi connectivity index (χ2n) is 8.65. The second-order valence-corrected chi connectivity index (χ2v) is 9.67. The van der Waals surface area contributed by atoms with Gasteiger partial charge >= 0.3 is 12.4 Å². The molecule has 0 unspecified atom stereocenters. The first-order valence-corrected chi connectivity index (χ1v) is 12.3. The van der Waals surface area contributed by atoms with E-state index in [4.69, 9.17) is 0 Å². The fraction of sp³-hybridized carbons (Fsp3) is 0.185. The van der Waals surface area contributed by atoms with Crippen molar-refractivity contribution in [3.63, 3.8) is 0 Å². The molecule has 1 amide bonds. The van der Waals surface area contributed by atoms with Gasteiger partial charge in [-0.3, -0.25) is 9.48 Å². The summed E-state index contributed by atoms with van der Waals surface area (Å²) in [6.07, 6.45) is -8.27. The lowest BCUT2D eigenvalue weighted by Crippen LogP contribution is -2.49. The summed E-state index contributed by atoms with van der Waals surface area (Å²) >= 11 is 1.89. The Morgan fingerprint density at radius 2 is 1.32 bits per heavy atom. The van der Waals surface area contributed by atoms with Gasteiger partial charge in [-0.25, -0.2) is 0 Å². The Hall–Kier alpha value is -3.35. The molecule has 4 rings (SSSR count). The molecular weight excluding hydrogens is 623 g/mol. The molecule has 0 saturated heterocycles. The minimum absolute atomic E-state index is 0.0252. The van der Waals surface area contributed by atoms with Gasteiger partial charge in [-0.15, -0.1) is 0 Å². The van der Waals surface area contributed by atoms with Crippen molar-refractivity contribution in [3.8, 4) is 0 Å². The number of hydrogen-bond donors (Lipinski definition) is 1. The van der Waals surface area contributed by atoms with Gasteiger partial charge in [0.2, 0.25) is 0 Å². The first kappa shape index (κ1) is 27.7. The summed E-state index contributed by atoms with van der Waals surface area (Å²) in [6.45, 7) is 0. The van der Waals surface area contributed by atoms with E-state index in [1.807, 2.05) is 22.6 Å². The van der Waals surface area contributed by atoms with Crippen molar-refractivity contribution in [3.05, 3.63) is 122 Å². The van der Waals surface area contributed by atoms with Crippen LogP contribution in [0, 0.1) is 3.70 Å². The van der Waals surface area contributed by atoms with E-state index in [0.29, 0.717) is 9.26 Å². The molecule has 1 aromatic heterocycles. The predicted molar refractivity (Wildman–Crippen MR) is 137 cm³/mol. The minimum atomic E-state index is -4.72. The SMILES string of the molecule is Cn1ncc(C(=O)NC(Cc2ccccc2)(c2cccc(C(F)(F)F)c2)c2cccc(C(F)(F)F)c2)c1I. The highest BCUT2D eigenvalue weighted by atomic mass is 127. The predicted octanol–water partition coefficient (Wildman–Crippen LogP) is 6.98. The number of carbonyl (C=O) groups is 1. The van der Waals surface area contributed by atoms with Crippen molar-refractivity contribution in [1.82, 2.24) is 15.1 Å². The van der Waals surface area contributed by atoms with Crippen LogP contribution in [-0.2, 0) is 31.4 Å². The Balaban J connectivity index is 2.01. The molecule has 1 N–H and O–H groups in total. The zero-order chi connectivity index (χ0) is 27.7. The summed E-state index contributed by atoms with van der Waals surface area (Å²) in [6, 6.07) is 17.0. The third-order valence-electron chi connectivity index (χ3n) is 6.12. The maximum absolute atomic E-state index is 13.7. The second kappa shape index (κ2) is 10.4. The maximum atomic E-state index is 13.7. The summed E-state index contributed by atoms with van der Waals surface area (Å²) < 4.78 is 84.3. The van der Waals surface area contributed by atoms with Crippen LogP contribution in [0.3, 0.4) is 0 Å². The fourth-order valence-corrected chi connectivity index (χ4v) is 4.73. The van der Waals surface area contributed by atoms with Crippen LogP contribution in [-0.4, -0.2) is 15.7 Å². The van der Waals surface area contributed by atoms with Gasteiger partial charge in [-0.05, 0) is 63.5 Å². The minimum Gasteiger partial charge on any atom is -0.338 e. The molecule has 0 spiro atoms. The molecule has 0 aliphatic rings. The number of amides is 1. The highest BCUT2D eigenvalue weighted by Gasteiger charge is 2.41. The van der Waals surface area contributed by atoms with Crippen LogP contribution >= 0.6 is 22.6 Å². The van der Waals surface area contributed by atoms with Crippen LogP contribution in [0.15, 0.2) is 85.1 Å². The molecule has 4 nitrogen and oxygen atoms in total. The average Bonchev–Trinajstić information content (AvgIpc) is 3.21. The lowest BCUT2D eigenvalue weighted by molar-refractivity contribution is -0.138. The Kier molecular flexibility index (Phi) is 7.60. The third kappa shape index (κ3) is 5.71. The number of halogens is 7. The summed E-state index contributed by atoms with van der Waals surface area (Å²) in [5.74, 6) is -0.701. The van der Waals surface area contributed by atoms with E-state index in [-0.39, 0.29) is 23.1 Å². The van der Waals surface area contributed by atoms with Gasteiger partial charge < -0.3 is 5.32 Å². The van der Waals surface area contributed by atoms with E-state index in [1.54, 1.807) is 37.4 Å². The van der Waals surface area contributed by atoms with Gasteiger partial charge in [-0.2, -0.15) is 31.4 Å². The number of benzene rings is 3. The Morgan fingerprint density at radius 3 is 1.76 bits per heavy atom. The number of rotatable bonds is 6. The Labute approximate surface area is 227 Å². The zero-order valence-corrected chi connectivity index (χ0v) is 21.9. The smallest absolute Gasteiger partial charge is 0.338 e. The molecule has 11 heteroatoms. The van der Waals surface area contributed by atoms with E-state index < -0.39 is 34.9 Å². The van der Waals surface area contributed by atoms with Crippen molar-refractivity contribution in [2.75, 3.05) is 0 Å². The molecule has 0 saturated carbocycles. The average molecular weight is 643 g/mol. The maximum Gasteiger partial charge on any atom is 0.416 e. The van der Waals surface area contributed by atoms with Crippen LogP contribution in [0.2, 0.25) is 0 Å². The molecule has 0 aliphatic heterocycles. The molecule has 3 aromatic carbocycles. The van der Waals surface area contributed by atoms with Crippen LogP contribution in [0.1, 0.15) is 38.2 Å². The zero-order valence-electron chi connectivity index (χ0n) is 19.7. The van der Waals surface area contributed by atoms with Crippen LogP contribution in [0.25, 0.3) is 0 Å². The molecule has 1 heterocycles. The number of carbonyl (C=O) groups excluding carboxylic acids is 1. The number of hydrogen-bond acceptors (Lipinski definition) is 2. The van der Waals surface area contributed by atoms with Crippen molar-refractivity contribution in [2.45, 2.75) is 24.3 Å². The van der Waals surface area contributed by atoms with E-state index >= 15 is 0 Å². The molecule has 0 bridgehead atoms. The normalized spacial score (nSPS) is 12.4. The van der Waals surface area contributed by atoms with Gasteiger partial charge in [0, 0.05) is 13.5 Å². The van der Waals surface area contributed by atoms with Gasteiger partial charge in [0.15, 0.2) is 0 Å². The highest BCUT2D eigenvalue weighted by Crippen LogP contribution is 2.40. The summed E-state index contributed by atoms with van der Waals surface area (Å²) in [4.78, 5) is 13.6. The molecule has 38 heavy (non-hydrogen) atoms. The molecule has 4 aromatic rings. The number of nitrogens with zero attached hydrogens (tertiary/aromatic N) is 2. The number of alkyl halides is 6. The van der Waals surface area contributed by atoms with Gasteiger partial charge in [0.1, 0.15) is 3.70 Å². The van der Waals surface area contributed by atoms with Crippen molar-refractivity contribution < 1.29 is 31.1 Å². The van der Waals surface area contributed by atoms with Crippen molar-refractivity contribution in [2.24, 2.45) is 7.05 Å². The van der Waals surface area contributed by atoms with Crippen LogP contribution in [0.4, 0.5) is 26.3 Å². The topological polar surface area (TPSA) is 46.9 Å². The van der Waals surface area contributed by atoms with E-state index in [2.05, 4.69) is 10.4 Å². The van der Waals surface area contributed by atoms with Crippen LogP contribution in [0.5, 0.6) is 0 Å². The quantitative estimate of drug-likeness (QED) is 0.182. The lowest BCUT2D eigenvalue weighted by Gasteiger charge is -2.37. The molecule has 198 valence electrons. The van der Waals surface area contributed by atoms with E-state index in [1.165, 1.54) is 35.1 Å². The monoisotopic (exact) mass is 643 g/mol. The summed E-state index contributed by atoms with van der Waals surface area (Å²) in [7, 11) is 1.61. The van der Waals surface area contributed by atoms with Crippen molar-refractivity contribution in [1.29, 1.82) is 0 Å². The molecule has 0 aliphatic carbocycles. The lowest BCUT2D eigenvalue weighted by atomic mass is 9.76. The Morgan fingerprint density at radius 1 is 0.816 bits per heavy atom. The highest BCUT2D eigenvalue weighted by molar-refractivity contribution is 14.1.